The molecule has 1 aliphatic heterocycles. The monoisotopic (exact) mass is 427 g/mol. The second-order valence-corrected chi connectivity index (χ2v) is 6.43. The summed E-state index contributed by atoms with van der Waals surface area (Å²) in [5.41, 5.74) is 3.51. The van der Waals surface area contributed by atoms with Crippen LogP contribution in [0.25, 0.3) is 11.6 Å². The molecule has 2 aromatic carbocycles. The van der Waals surface area contributed by atoms with Gasteiger partial charge in [0.25, 0.3) is 11.8 Å². The Kier molecular flexibility index (Phi) is 6.26. The molecular weight excluding hydrogens is 406 g/mol. The summed E-state index contributed by atoms with van der Waals surface area (Å²) in [4.78, 5) is 25.6. The zero-order valence-corrected chi connectivity index (χ0v) is 17.6. The first-order chi connectivity index (χ1) is 15.8. The van der Waals surface area contributed by atoms with Crippen LogP contribution in [0.4, 0.5) is 11.7 Å². The molecule has 0 bridgehead atoms. The number of fused-ring (bicyclic) bond motifs is 1. The van der Waals surface area contributed by atoms with Crippen LogP contribution < -0.4 is 10.6 Å². The number of carbonyl (C=O) groups excluding carboxylic acids is 1. The highest BCUT2D eigenvalue weighted by Gasteiger charge is 2.27. The number of nitrogens with zero attached hydrogens (tertiary/aromatic N) is 5. The molecule has 1 amide bonds. The number of hydrogen-bond donors (Lipinski definition) is 2. The van der Waals surface area contributed by atoms with Crippen molar-refractivity contribution < 1.29 is 9.21 Å². The van der Waals surface area contributed by atoms with Gasteiger partial charge in [-0.15, -0.1) is 5.10 Å². The van der Waals surface area contributed by atoms with E-state index in [0.717, 1.165) is 11.1 Å². The molecule has 9 nitrogen and oxygen atoms in total. The number of aromatic nitrogens is 4. The van der Waals surface area contributed by atoms with Crippen molar-refractivity contribution in [1.29, 1.82) is 0 Å². The van der Waals surface area contributed by atoms with E-state index in [-0.39, 0.29) is 17.8 Å². The van der Waals surface area contributed by atoms with Gasteiger partial charge in [0.1, 0.15) is 5.69 Å². The minimum Gasteiger partial charge on any atom is -0.402 e. The summed E-state index contributed by atoms with van der Waals surface area (Å²) in [5, 5.41) is 13.7. The number of carbonyl (C=O) groups is 1. The zero-order valence-electron chi connectivity index (χ0n) is 17.6. The summed E-state index contributed by atoms with van der Waals surface area (Å²) in [6.07, 6.45) is 3.62. The maximum atomic E-state index is 12.8. The van der Waals surface area contributed by atoms with E-state index in [4.69, 9.17) is 4.42 Å². The Balaban J connectivity index is 0.00000119. The molecule has 0 fully saturated rings. The van der Waals surface area contributed by atoms with Gasteiger partial charge in [0.05, 0.1) is 17.6 Å². The minimum atomic E-state index is -0.970. The van der Waals surface area contributed by atoms with Crippen molar-refractivity contribution in [2.24, 2.45) is 4.99 Å². The fraction of sp³-hybridized carbons (Fsp3) is 0.130. The van der Waals surface area contributed by atoms with Crippen molar-refractivity contribution in [3.8, 4) is 11.6 Å². The van der Waals surface area contributed by atoms with Crippen molar-refractivity contribution in [2.45, 2.75) is 20.0 Å². The van der Waals surface area contributed by atoms with Crippen LogP contribution >= 0.6 is 0 Å². The van der Waals surface area contributed by atoms with Gasteiger partial charge in [-0.2, -0.15) is 0 Å². The fourth-order valence-electron chi connectivity index (χ4n) is 3.09. The van der Waals surface area contributed by atoms with Gasteiger partial charge in [0, 0.05) is 23.5 Å². The molecule has 0 radical (unpaired) electrons. The Labute approximate surface area is 184 Å². The summed E-state index contributed by atoms with van der Waals surface area (Å²) in [5.74, 6) is -0.150. The standard InChI is InChI=1S/C21H15N7O2.C2H6/c29-19-18(26-21-28-27-20(30-21)16-12-22-10-11-23-16)25-17(13-6-2-1-3-7-13)14-8-4-5-9-15(14)24-19;1-2/h1-12,18H,(H,24,29)(H,26,28);1-2H3. The van der Waals surface area contributed by atoms with Crippen LogP contribution in [0.1, 0.15) is 25.0 Å². The average Bonchev–Trinajstić information content (AvgIpc) is 3.28. The number of amides is 1. The van der Waals surface area contributed by atoms with Gasteiger partial charge in [0.2, 0.25) is 6.17 Å². The first-order valence-electron chi connectivity index (χ1n) is 10.2. The van der Waals surface area contributed by atoms with Crippen molar-refractivity contribution in [3.63, 3.8) is 0 Å². The number of benzene rings is 2. The molecule has 9 heteroatoms. The van der Waals surface area contributed by atoms with Crippen LogP contribution in [0.15, 0.2) is 82.6 Å². The lowest BCUT2D eigenvalue weighted by atomic mass is 10.0. The lowest BCUT2D eigenvalue weighted by Crippen LogP contribution is -2.32. The van der Waals surface area contributed by atoms with Crippen LogP contribution in [0.2, 0.25) is 0 Å². The van der Waals surface area contributed by atoms with Gasteiger partial charge in [-0.05, 0) is 6.07 Å². The van der Waals surface area contributed by atoms with E-state index in [9.17, 15) is 4.79 Å². The molecule has 3 heterocycles. The maximum Gasteiger partial charge on any atom is 0.317 e. The maximum absolute atomic E-state index is 12.8. The number of aliphatic imine (C=N–C) groups is 1. The second kappa shape index (κ2) is 9.61. The molecule has 0 saturated heterocycles. The Morgan fingerprint density at radius 1 is 0.969 bits per heavy atom. The zero-order chi connectivity index (χ0) is 22.3. The Hall–Kier alpha value is -4.40. The van der Waals surface area contributed by atoms with Crippen LogP contribution in [0.5, 0.6) is 0 Å². The summed E-state index contributed by atoms with van der Waals surface area (Å²) in [7, 11) is 0. The summed E-state index contributed by atoms with van der Waals surface area (Å²) < 4.78 is 5.59. The van der Waals surface area contributed by atoms with Gasteiger partial charge < -0.3 is 15.1 Å². The average molecular weight is 427 g/mol. The minimum absolute atomic E-state index is 0.0536. The Bertz CT molecular complexity index is 1220. The molecular formula is C23H21N7O2. The van der Waals surface area contributed by atoms with Gasteiger partial charge in [-0.25, -0.2) is 9.98 Å². The summed E-state index contributed by atoms with van der Waals surface area (Å²) >= 11 is 0. The third-order valence-electron chi connectivity index (χ3n) is 4.46. The van der Waals surface area contributed by atoms with Crippen LogP contribution in [0.3, 0.4) is 0 Å². The molecule has 4 aromatic rings. The second-order valence-electron chi connectivity index (χ2n) is 6.43. The van der Waals surface area contributed by atoms with E-state index >= 15 is 0 Å². The summed E-state index contributed by atoms with van der Waals surface area (Å²) in [6.45, 7) is 4.00. The van der Waals surface area contributed by atoms with Gasteiger partial charge in [-0.3, -0.25) is 9.78 Å². The van der Waals surface area contributed by atoms with Gasteiger partial charge in [-0.1, -0.05) is 67.5 Å². The lowest BCUT2D eigenvalue weighted by molar-refractivity contribution is -0.116. The van der Waals surface area contributed by atoms with Gasteiger partial charge >= 0.3 is 6.01 Å². The van der Waals surface area contributed by atoms with Crippen LogP contribution in [-0.2, 0) is 4.79 Å². The largest absolute Gasteiger partial charge is 0.402 e. The quantitative estimate of drug-likeness (QED) is 0.509. The predicted molar refractivity (Wildman–Crippen MR) is 121 cm³/mol. The number of nitrogens with one attached hydrogen (secondary N) is 2. The molecule has 0 aliphatic carbocycles. The molecule has 1 atom stereocenters. The number of benzodiazepines with no additional fused rings is 1. The van der Waals surface area contributed by atoms with Crippen molar-refractivity contribution in [3.05, 3.63) is 84.3 Å². The first kappa shape index (κ1) is 20.9. The summed E-state index contributed by atoms with van der Waals surface area (Å²) in [6, 6.07) is 17.3. The fourth-order valence-corrected chi connectivity index (χ4v) is 3.09. The lowest BCUT2D eigenvalue weighted by Gasteiger charge is -2.11. The Morgan fingerprint density at radius 3 is 2.53 bits per heavy atom. The number of anilines is 2. The molecule has 2 N–H and O–H groups in total. The third-order valence-corrected chi connectivity index (χ3v) is 4.46. The van der Waals surface area contributed by atoms with Crippen molar-refractivity contribution in [2.75, 3.05) is 10.6 Å². The van der Waals surface area contributed by atoms with Gasteiger partial charge in [0.15, 0.2) is 0 Å². The molecule has 1 unspecified atom stereocenters. The smallest absolute Gasteiger partial charge is 0.317 e. The van der Waals surface area contributed by atoms with Crippen molar-refractivity contribution in [1.82, 2.24) is 20.2 Å². The van der Waals surface area contributed by atoms with E-state index in [2.05, 4.69) is 35.8 Å². The highest BCUT2D eigenvalue weighted by molar-refractivity contribution is 6.19. The molecule has 160 valence electrons. The molecule has 0 spiro atoms. The van der Waals surface area contributed by atoms with E-state index < -0.39 is 6.17 Å². The molecule has 1 aliphatic rings. The SMILES string of the molecule is CC.O=C1Nc2ccccc2C(c2ccccc2)=NC1Nc1nnc(-c2cnccn2)o1. The molecule has 5 rings (SSSR count). The van der Waals surface area contributed by atoms with E-state index in [1.165, 1.54) is 12.4 Å². The Morgan fingerprint density at radius 2 is 1.75 bits per heavy atom. The number of para-hydroxylation sites is 1. The van der Waals surface area contributed by atoms with Crippen LogP contribution in [-0.4, -0.2) is 37.9 Å². The molecule has 32 heavy (non-hydrogen) atoms. The highest BCUT2D eigenvalue weighted by atomic mass is 16.4. The first-order valence-corrected chi connectivity index (χ1v) is 10.2. The molecule has 0 saturated carbocycles. The van der Waals surface area contributed by atoms with Crippen molar-refractivity contribution >= 4 is 23.3 Å². The normalized spacial score (nSPS) is 14.8. The predicted octanol–water partition coefficient (Wildman–Crippen LogP) is 3.78. The third kappa shape index (κ3) is 4.36. The topological polar surface area (TPSA) is 118 Å². The number of hydrogen-bond acceptors (Lipinski definition) is 8. The van der Waals surface area contributed by atoms with Crippen LogP contribution in [0, 0.1) is 0 Å². The van der Waals surface area contributed by atoms with E-state index in [1.807, 2.05) is 68.4 Å². The highest BCUT2D eigenvalue weighted by Crippen LogP contribution is 2.25. The number of rotatable bonds is 4. The van der Waals surface area contributed by atoms with E-state index in [1.54, 1.807) is 6.20 Å². The van der Waals surface area contributed by atoms with E-state index in [0.29, 0.717) is 17.1 Å². The molecule has 2 aromatic heterocycles.